The van der Waals surface area contributed by atoms with Crippen LogP contribution in [-0.2, 0) is 9.53 Å². The molecule has 0 heterocycles. The van der Waals surface area contributed by atoms with E-state index in [0.717, 1.165) is 12.8 Å². The van der Waals surface area contributed by atoms with Gasteiger partial charge in [0.15, 0.2) is 5.57 Å². The molecule has 1 aliphatic carbocycles. The molecule has 1 aliphatic rings. The van der Waals surface area contributed by atoms with E-state index in [0.29, 0.717) is 18.3 Å². The van der Waals surface area contributed by atoms with Crippen LogP contribution in [0.3, 0.4) is 0 Å². The highest BCUT2D eigenvalue weighted by molar-refractivity contribution is 5.93. The minimum Gasteiger partial charge on any atom is -0.462 e. The van der Waals surface area contributed by atoms with Crippen LogP contribution in [0.25, 0.3) is 0 Å². The molecule has 1 N–H and O–H groups in total. The number of carbonyl (C=O) groups excluding carboxylic acids is 1. The molecule has 0 aromatic carbocycles. The second kappa shape index (κ2) is 6.16. The maximum absolute atomic E-state index is 11.4. The number of nitriles is 1. The fourth-order valence-corrected chi connectivity index (χ4v) is 1.93. The highest BCUT2D eigenvalue weighted by Gasteiger charge is 2.18. The third kappa shape index (κ3) is 3.27. The summed E-state index contributed by atoms with van der Waals surface area (Å²) < 4.78 is 4.82. The third-order valence-electron chi connectivity index (χ3n) is 2.74. The monoisotopic (exact) mass is 222 g/mol. The molecule has 1 saturated carbocycles. The summed E-state index contributed by atoms with van der Waals surface area (Å²) in [5.41, 5.74) is 0.724. The Morgan fingerprint density at radius 3 is 2.62 bits per heavy atom. The van der Waals surface area contributed by atoms with Crippen LogP contribution in [0.4, 0.5) is 0 Å². The molecule has 4 nitrogen and oxygen atoms in total. The summed E-state index contributed by atoms with van der Waals surface area (Å²) in [6.45, 7) is 3.78. The van der Waals surface area contributed by atoms with Crippen molar-refractivity contribution in [3.63, 3.8) is 0 Å². The summed E-state index contributed by atoms with van der Waals surface area (Å²) in [6, 6.07) is 2.30. The van der Waals surface area contributed by atoms with Gasteiger partial charge in [0.05, 0.1) is 6.61 Å². The molecule has 0 spiro atoms. The molecule has 88 valence electrons. The highest BCUT2D eigenvalue weighted by Crippen LogP contribution is 2.19. The lowest BCUT2D eigenvalue weighted by molar-refractivity contribution is -0.138. The van der Waals surface area contributed by atoms with Gasteiger partial charge in [-0.25, -0.2) is 4.79 Å². The quantitative estimate of drug-likeness (QED) is 0.448. The number of nitrogens with one attached hydrogen (secondary N) is 1. The molecule has 0 aromatic rings. The van der Waals surface area contributed by atoms with E-state index in [1.165, 1.54) is 12.8 Å². The van der Waals surface area contributed by atoms with Crippen molar-refractivity contribution in [1.29, 1.82) is 5.26 Å². The van der Waals surface area contributed by atoms with Gasteiger partial charge in [-0.15, -0.1) is 0 Å². The molecule has 0 aliphatic heterocycles. The van der Waals surface area contributed by atoms with Gasteiger partial charge in [-0.05, 0) is 26.7 Å². The number of ether oxygens (including phenoxy) is 1. The number of esters is 1. The van der Waals surface area contributed by atoms with E-state index in [-0.39, 0.29) is 5.57 Å². The molecular formula is C12H18N2O2. The van der Waals surface area contributed by atoms with E-state index >= 15 is 0 Å². The molecular weight excluding hydrogens is 204 g/mol. The molecule has 1 rings (SSSR count). The lowest BCUT2D eigenvalue weighted by Gasteiger charge is -2.14. The number of rotatable bonds is 4. The summed E-state index contributed by atoms with van der Waals surface area (Å²) in [6.07, 6.45) is 4.65. The number of hydrogen-bond acceptors (Lipinski definition) is 4. The van der Waals surface area contributed by atoms with Crippen LogP contribution in [0, 0.1) is 11.3 Å². The van der Waals surface area contributed by atoms with Crippen LogP contribution in [-0.4, -0.2) is 18.6 Å². The van der Waals surface area contributed by atoms with Crippen LogP contribution in [0.15, 0.2) is 11.3 Å². The summed E-state index contributed by atoms with van der Waals surface area (Å²) >= 11 is 0. The third-order valence-corrected chi connectivity index (χ3v) is 2.74. The van der Waals surface area contributed by atoms with E-state index < -0.39 is 5.97 Å². The van der Waals surface area contributed by atoms with Crippen LogP contribution in [0.1, 0.15) is 39.5 Å². The van der Waals surface area contributed by atoms with Crippen LogP contribution in [0.5, 0.6) is 0 Å². The van der Waals surface area contributed by atoms with E-state index in [9.17, 15) is 4.79 Å². The molecule has 0 aromatic heterocycles. The standard InChI is InChI=1S/C12H18N2O2/c1-3-16-12(15)11(8-13)9(2)14-10-6-4-5-7-10/h10,14H,3-7H2,1-2H3. The predicted molar refractivity (Wildman–Crippen MR) is 60.3 cm³/mol. The van der Waals surface area contributed by atoms with Gasteiger partial charge in [0.25, 0.3) is 0 Å². The molecule has 0 saturated heterocycles. The van der Waals surface area contributed by atoms with E-state index in [1.54, 1.807) is 13.8 Å². The van der Waals surface area contributed by atoms with Gasteiger partial charge in [-0.3, -0.25) is 0 Å². The van der Waals surface area contributed by atoms with Gasteiger partial charge >= 0.3 is 5.97 Å². The topological polar surface area (TPSA) is 62.1 Å². The lowest BCUT2D eigenvalue weighted by atomic mass is 10.2. The first-order valence-corrected chi connectivity index (χ1v) is 5.73. The zero-order chi connectivity index (χ0) is 12.0. The Bertz CT molecular complexity index is 322. The molecule has 4 heteroatoms. The summed E-state index contributed by atoms with van der Waals surface area (Å²) in [7, 11) is 0. The Hall–Kier alpha value is -1.50. The fraction of sp³-hybridized carbons (Fsp3) is 0.667. The van der Waals surface area contributed by atoms with Gasteiger partial charge in [0.2, 0.25) is 0 Å². The zero-order valence-electron chi connectivity index (χ0n) is 9.88. The Morgan fingerprint density at radius 1 is 1.50 bits per heavy atom. The zero-order valence-corrected chi connectivity index (χ0v) is 9.88. The van der Waals surface area contributed by atoms with Crippen LogP contribution in [0.2, 0.25) is 0 Å². The van der Waals surface area contributed by atoms with Crippen molar-refractivity contribution in [2.45, 2.75) is 45.6 Å². The van der Waals surface area contributed by atoms with Crippen molar-refractivity contribution in [1.82, 2.24) is 5.32 Å². The largest absolute Gasteiger partial charge is 0.462 e. The maximum atomic E-state index is 11.4. The minimum atomic E-state index is -0.534. The Morgan fingerprint density at radius 2 is 2.12 bits per heavy atom. The first-order valence-electron chi connectivity index (χ1n) is 5.73. The van der Waals surface area contributed by atoms with Crippen molar-refractivity contribution in [2.75, 3.05) is 6.61 Å². The fourth-order valence-electron chi connectivity index (χ4n) is 1.93. The highest BCUT2D eigenvalue weighted by atomic mass is 16.5. The summed E-state index contributed by atoms with van der Waals surface area (Å²) in [5, 5.41) is 12.1. The molecule has 0 amide bonds. The number of allylic oxidation sites excluding steroid dienone is 1. The van der Waals surface area contributed by atoms with Gasteiger partial charge in [0, 0.05) is 11.7 Å². The van der Waals surface area contributed by atoms with Crippen molar-refractivity contribution < 1.29 is 9.53 Å². The van der Waals surface area contributed by atoms with Gasteiger partial charge < -0.3 is 10.1 Å². The first-order chi connectivity index (χ1) is 7.69. The van der Waals surface area contributed by atoms with Crippen molar-refractivity contribution in [2.24, 2.45) is 0 Å². The second-order valence-corrected chi connectivity index (χ2v) is 3.96. The minimum absolute atomic E-state index is 0.0914. The van der Waals surface area contributed by atoms with E-state index in [2.05, 4.69) is 5.32 Å². The van der Waals surface area contributed by atoms with E-state index in [4.69, 9.17) is 10.00 Å². The normalized spacial score (nSPS) is 17.6. The second-order valence-electron chi connectivity index (χ2n) is 3.96. The Labute approximate surface area is 96.3 Å². The Kier molecular flexibility index (Phi) is 4.84. The van der Waals surface area contributed by atoms with Gasteiger partial charge in [-0.1, -0.05) is 12.8 Å². The molecule has 0 unspecified atom stereocenters. The van der Waals surface area contributed by atoms with Gasteiger partial charge in [-0.2, -0.15) is 5.26 Å². The Balaban J connectivity index is 2.66. The number of nitrogens with zero attached hydrogens (tertiary/aromatic N) is 1. The number of hydrogen-bond donors (Lipinski definition) is 1. The van der Waals surface area contributed by atoms with Crippen LogP contribution >= 0.6 is 0 Å². The van der Waals surface area contributed by atoms with Crippen molar-refractivity contribution in [3.8, 4) is 6.07 Å². The summed E-state index contributed by atoms with van der Waals surface area (Å²) in [4.78, 5) is 11.4. The molecule has 0 bridgehead atoms. The molecule has 16 heavy (non-hydrogen) atoms. The lowest BCUT2D eigenvalue weighted by Crippen LogP contribution is -2.26. The van der Waals surface area contributed by atoms with E-state index in [1.807, 2.05) is 6.07 Å². The first kappa shape index (κ1) is 12.6. The van der Waals surface area contributed by atoms with Crippen molar-refractivity contribution >= 4 is 5.97 Å². The molecule has 0 atom stereocenters. The average molecular weight is 222 g/mol. The van der Waals surface area contributed by atoms with Crippen LogP contribution < -0.4 is 5.32 Å². The molecule has 0 radical (unpaired) electrons. The SMILES string of the molecule is CCOC(=O)C(C#N)=C(C)NC1CCCC1. The smallest absolute Gasteiger partial charge is 0.350 e. The molecule has 1 fully saturated rings. The van der Waals surface area contributed by atoms with Crippen molar-refractivity contribution in [3.05, 3.63) is 11.3 Å². The summed E-state index contributed by atoms with van der Waals surface area (Å²) in [5.74, 6) is -0.534. The average Bonchev–Trinajstić information content (AvgIpc) is 2.71. The predicted octanol–water partition coefficient (Wildman–Crippen LogP) is 1.88. The number of carbonyl (C=O) groups is 1. The maximum Gasteiger partial charge on any atom is 0.350 e. The van der Waals surface area contributed by atoms with Gasteiger partial charge in [0.1, 0.15) is 6.07 Å².